The highest BCUT2D eigenvalue weighted by atomic mass is 16.5. The van der Waals surface area contributed by atoms with Gasteiger partial charge in [-0.1, -0.05) is 19.0 Å². The first-order valence-corrected chi connectivity index (χ1v) is 8.77. The molecule has 2 rings (SSSR count). The molecular formula is C17H29N3O3. The normalized spacial score (nSPS) is 16.7. The van der Waals surface area contributed by atoms with Gasteiger partial charge in [-0.2, -0.15) is 0 Å². The third kappa shape index (κ3) is 5.32. The second-order valence-corrected chi connectivity index (χ2v) is 6.19. The molecule has 0 saturated carbocycles. The van der Waals surface area contributed by atoms with Gasteiger partial charge in [0.2, 0.25) is 5.91 Å². The number of likely N-dealkylation sites (tertiary alicyclic amines) is 1. The highest BCUT2D eigenvalue weighted by Crippen LogP contribution is 2.16. The average Bonchev–Trinajstić information content (AvgIpc) is 2.95. The van der Waals surface area contributed by atoms with Gasteiger partial charge >= 0.3 is 0 Å². The van der Waals surface area contributed by atoms with Gasteiger partial charge in [0.05, 0.1) is 18.2 Å². The van der Waals surface area contributed by atoms with Gasteiger partial charge in [-0.25, -0.2) is 0 Å². The van der Waals surface area contributed by atoms with Crippen molar-refractivity contribution in [3.05, 3.63) is 17.0 Å². The second-order valence-electron chi connectivity index (χ2n) is 6.19. The third-order valence-electron chi connectivity index (χ3n) is 4.47. The standard InChI is InChI=1S/C17H29N3O3/c1-3-15-14(16(4-2)23-19-15)12-17(22)18-8-5-9-20-10-6-13(21)7-11-20/h13,21H,3-12H2,1-2H3,(H,18,22). The third-order valence-corrected chi connectivity index (χ3v) is 4.47. The Balaban J connectivity index is 1.68. The van der Waals surface area contributed by atoms with E-state index in [2.05, 4.69) is 15.4 Å². The van der Waals surface area contributed by atoms with Gasteiger partial charge in [-0.05, 0) is 32.2 Å². The Kier molecular flexibility index (Phi) is 7.05. The Morgan fingerprint density at radius 2 is 2.09 bits per heavy atom. The largest absolute Gasteiger partial charge is 0.393 e. The molecule has 1 amide bonds. The molecule has 0 spiro atoms. The number of aliphatic hydroxyl groups is 1. The highest BCUT2D eigenvalue weighted by Gasteiger charge is 2.18. The first kappa shape index (κ1) is 17.9. The Labute approximate surface area is 138 Å². The number of nitrogens with zero attached hydrogens (tertiary/aromatic N) is 2. The molecule has 2 N–H and O–H groups in total. The van der Waals surface area contributed by atoms with E-state index in [1.54, 1.807) is 0 Å². The van der Waals surface area contributed by atoms with Crippen LogP contribution < -0.4 is 5.32 Å². The predicted octanol–water partition coefficient (Wildman–Crippen LogP) is 1.30. The van der Waals surface area contributed by atoms with Gasteiger partial charge in [0.15, 0.2) is 0 Å². The van der Waals surface area contributed by atoms with Crippen molar-refractivity contribution in [2.45, 2.75) is 58.5 Å². The number of nitrogens with one attached hydrogen (secondary N) is 1. The number of rotatable bonds is 8. The summed E-state index contributed by atoms with van der Waals surface area (Å²) in [6.45, 7) is 7.60. The molecule has 0 aliphatic carbocycles. The van der Waals surface area contributed by atoms with E-state index in [1.165, 1.54) is 0 Å². The van der Waals surface area contributed by atoms with Crippen LogP contribution in [0.1, 0.15) is 50.1 Å². The smallest absolute Gasteiger partial charge is 0.224 e. The maximum absolute atomic E-state index is 12.1. The molecule has 1 fully saturated rings. The van der Waals surface area contributed by atoms with Gasteiger partial charge in [-0.15, -0.1) is 0 Å². The van der Waals surface area contributed by atoms with E-state index in [9.17, 15) is 9.90 Å². The quantitative estimate of drug-likeness (QED) is 0.705. The molecule has 1 aliphatic rings. The minimum absolute atomic E-state index is 0.0340. The molecule has 1 aromatic heterocycles. The number of hydrogen-bond donors (Lipinski definition) is 2. The number of carbonyl (C=O) groups is 1. The predicted molar refractivity (Wildman–Crippen MR) is 88.3 cm³/mol. The van der Waals surface area contributed by atoms with Crippen LogP contribution in [0.3, 0.4) is 0 Å². The number of hydrogen-bond acceptors (Lipinski definition) is 5. The van der Waals surface area contributed by atoms with Gasteiger partial charge in [0.25, 0.3) is 0 Å². The van der Waals surface area contributed by atoms with Gasteiger partial charge in [-0.3, -0.25) is 4.79 Å². The Morgan fingerprint density at radius 3 is 2.74 bits per heavy atom. The fraction of sp³-hybridized carbons (Fsp3) is 0.765. The van der Waals surface area contributed by atoms with Crippen molar-refractivity contribution in [3.63, 3.8) is 0 Å². The summed E-state index contributed by atoms with van der Waals surface area (Å²) in [6, 6.07) is 0. The maximum atomic E-state index is 12.1. The van der Waals surface area contributed by atoms with E-state index in [0.717, 1.165) is 68.8 Å². The van der Waals surface area contributed by atoms with E-state index < -0.39 is 0 Å². The van der Waals surface area contributed by atoms with Crippen LogP contribution in [0.15, 0.2) is 4.52 Å². The van der Waals surface area contributed by atoms with Crippen molar-refractivity contribution in [3.8, 4) is 0 Å². The zero-order valence-electron chi connectivity index (χ0n) is 14.3. The summed E-state index contributed by atoms with van der Waals surface area (Å²) in [4.78, 5) is 14.5. The lowest BCUT2D eigenvalue weighted by atomic mass is 10.1. The monoisotopic (exact) mass is 323 g/mol. The van der Waals surface area contributed by atoms with Crippen molar-refractivity contribution >= 4 is 5.91 Å². The second kappa shape index (κ2) is 9.03. The molecule has 0 bridgehead atoms. The van der Waals surface area contributed by atoms with Crippen LogP contribution in [0.4, 0.5) is 0 Å². The summed E-state index contributed by atoms with van der Waals surface area (Å²) in [5.74, 6) is 0.857. The van der Waals surface area contributed by atoms with Crippen LogP contribution in [0.2, 0.25) is 0 Å². The highest BCUT2D eigenvalue weighted by molar-refractivity contribution is 5.79. The fourth-order valence-corrected chi connectivity index (χ4v) is 3.03. The van der Waals surface area contributed by atoms with Crippen molar-refractivity contribution in [2.24, 2.45) is 0 Å². The lowest BCUT2D eigenvalue weighted by molar-refractivity contribution is -0.120. The Hall–Kier alpha value is -1.40. The number of carbonyl (C=O) groups excluding carboxylic acids is 1. The Morgan fingerprint density at radius 1 is 1.35 bits per heavy atom. The molecular weight excluding hydrogens is 294 g/mol. The molecule has 1 saturated heterocycles. The molecule has 2 heterocycles. The van der Waals surface area contributed by atoms with Crippen LogP contribution >= 0.6 is 0 Å². The van der Waals surface area contributed by atoms with E-state index in [1.807, 2.05) is 13.8 Å². The lowest BCUT2D eigenvalue weighted by Crippen LogP contribution is -2.37. The minimum Gasteiger partial charge on any atom is -0.393 e. The number of aliphatic hydroxyl groups excluding tert-OH is 1. The van der Waals surface area contributed by atoms with Crippen molar-refractivity contribution in [1.29, 1.82) is 0 Å². The first-order valence-electron chi connectivity index (χ1n) is 8.77. The van der Waals surface area contributed by atoms with Crippen molar-refractivity contribution in [2.75, 3.05) is 26.2 Å². The molecule has 6 heteroatoms. The van der Waals surface area contributed by atoms with E-state index in [4.69, 9.17) is 4.52 Å². The summed E-state index contributed by atoms with van der Waals surface area (Å²) in [5.41, 5.74) is 1.85. The molecule has 6 nitrogen and oxygen atoms in total. The van der Waals surface area contributed by atoms with Crippen LogP contribution in [0.5, 0.6) is 0 Å². The number of aryl methyl sites for hydroxylation is 2. The Bertz CT molecular complexity index is 472. The number of aromatic nitrogens is 1. The van der Waals surface area contributed by atoms with Crippen LogP contribution in [-0.2, 0) is 24.1 Å². The summed E-state index contributed by atoms with van der Waals surface area (Å²) in [6.07, 6.45) is 4.43. The molecule has 0 radical (unpaired) electrons. The van der Waals surface area contributed by atoms with Gasteiger partial charge < -0.3 is 19.8 Å². The molecule has 1 aliphatic heterocycles. The van der Waals surface area contributed by atoms with Crippen molar-refractivity contribution in [1.82, 2.24) is 15.4 Å². The number of piperidine rings is 1. The summed E-state index contributed by atoms with van der Waals surface area (Å²) in [5, 5.41) is 16.5. The molecule has 130 valence electrons. The summed E-state index contributed by atoms with van der Waals surface area (Å²) in [7, 11) is 0. The lowest BCUT2D eigenvalue weighted by Gasteiger charge is -2.29. The average molecular weight is 323 g/mol. The zero-order chi connectivity index (χ0) is 16.7. The molecule has 0 atom stereocenters. The van der Waals surface area contributed by atoms with E-state index in [0.29, 0.717) is 13.0 Å². The fourth-order valence-electron chi connectivity index (χ4n) is 3.03. The first-order chi connectivity index (χ1) is 11.1. The zero-order valence-corrected chi connectivity index (χ0v) is 14.3. The van der Waals surface area contributed by atoms with Crippen LogP contribution in [0.25, 0.3) is 0 Å². The molecule has 0 unspecified atom stereocenters. The minimum atomic E-state index is -0.130. The van der Waals surface area contributed by atoms with Gasteiger partial charge in [0.1, 0.15) is 5.76 Å². The molecule has 1 aromatic rings. The van der Waals surface area contributed by atoms with Gasteiger partial charge in [0, 0.05) is 31.6 Å². The van der Waals surface area contributed by atoms with Crippen LogP contribution in [-0.4, -0.2) is 53.4 Å². The van der Waals surface area contributed by atoms with Crippen LogP contribution in [0, 0.1) is 0 Å². The molecule has 23 heavy (non-hydrogen) atoms. The molecule has 0 aromatic carbocycles. The summed E-state index contributed by atoms with van der Waals surface area (Å²) >= 11 is 0. The maximum Gasteiger partial charge on any atom is 0.224 e. The van der Waals surface area contributed by atoms with Crippen molar-refractivity contribution < 1.29 is 14.4 Å². The topological polar surface area (TPSA) is 78.6 Å². The number of amides is 1. The van der Waals surface area contributed by atoms with E-state index >= 15 is 0 Å². The SMILES string of the molecule is CCc1noc(CC)c1CC(=O)NCCCN1CCC(O)CC1. The van der Waals surface area contributed by atoms with E-state index in [-0.39, 0.29) is 12.0 Å². The summed E-state index contributed by atoms with van der Waals surface area (Å²) < 4.78 is 5.29.